The molecule has 0 aromatic heterocycles. The zero-order valence-electron chi connectivity index (χ0n) is 13.9. The van der Waals surface area contributed by atoms with Crippen molar-refractivity contribution in [3.8, 4) is 0 Å². The SMILES string of the molecule is O=C(O)C1CC23CCCN4CCC5(c6ccccc6NC15CC2)C43. The van der Waals surface area contributed by atoms with E-state index in [2.05, 4.69) is 34.5 Å². The molecule has 3 saturated carbocycles. The molecule has 6 aliphatic rings. The predicted octanol–water partition coefficient (Wildman–Crippen LogP) is 2.84. The van der Waals surface area contributed by atoms with Crippen molar-refractivity contribution in [3.63, 3.8) is 0 Å². The summed E-state index contributed by atoms with van der Waals surface area (Å²) < 4.78 is 0. The quantitative estimate of drug-likeness (QED) is 0.834. The zero-order valence-corrected chi connectivity index (χ0v) is 13.9. The predicted molar refractivity (Wildman–Crippen MR) is 91.1 cm³/mol. The summed E-state index contributed by atoms with van der Waals surface area (Å²) in [4.78, 5) is 15.0. The van der Waals surface area contributed by atoms with Crippen LogP contribution in [0, 0.1) is 11.3 Å². The summed E-state index contributed by atoms with van der Waals surface area (Å²) in [5, 5.41) is 13.9. The minimum atomic E-state index is -0.587. The molecule has 0 amide bonds. The van der Waals surface area contributed by atoms with Crippen LogP contribution < -0.4 is 5.32 Å². The lowest BCUT2D eigenvalue weighted by atomic mass is 9.39. The molecule has 3 aliphatic carbocycles. The molecule has 3 spiro atoms. The third-order valence-electron chi connectivity index (χ3n) is 8.41. The fourth-order valence-electron chi connectivity index (χ4n) is 7.90. The highest BCUT2D eigenvalue weighted by atomic mass is 16.4. The first kappa shape index (κ1) is 13.7. The Labute approximate surface area is 142 Å². The molecular formula is C20H24N2O2. The number of nitrogens with one attached hydrogen (secondary N) is 1. The molecule has 2 bridgehead atoms. The molecule has 3 aliphatic heterocycles. The first-order valence-corrected chi connectivity index (χ1v) is 9.48. The van der Waals surface area contributed by atoms with Gasteiger partial charge >= 0.3 is 5.97 Å². The number of para-hydroxylation sites is 1. The molecule has 2 saturated heterocycles. The molecule has 5 fully saturated rings. The van der Waals surface area contributed by atoms with Crippen LogP contribution >= 0.6 is 0 Å². The van der Waals surface area contributed by atoms with E-state index in [1.165, 1.54) is 37.1 Å². The van der Waals surface area contributed by atoms with Gasteiger partial charge in [-0.3, -0.25) is 9.69 Å². The highest BCUT2D eigenvalue weighted by Crippen LogP contribution is 2.74. The fourth-order valence-corrected chi connectivity index (χ4v) is 7.90. The number of rotatable bonds is 1. The average molecular weight is 324 g/mol. The third kappa shape index (κ3) is 1.20. The second-order valence-electron chi connectivity index (χ2n) is 8.86. The third-order valence-corrected chi connectivity index (χ3v) is 8.41. The first-order valence-electron chi connectivity index (χ1n) is 9.48. The van der Waals surface area contributed by atoms with E-state index in [9.17, 15) is 9.90 Å². The Balaban J connectivity index is 1.67. The average Bonchev–Trinajstić information content (AvgIpc) is 3.13. The summed E-state index contributed by atoms with van der Waals surface area (Å²) in [6.45, 7) is 2.33. The van der Waals surface area contributed by atoms with Crippen LogP contribution in [0.3, 0.4) is 0 Å². The van der Waals surface area contributed by atoms with Crippen LogP contribution in [0.2, 0.25) is 0 Å². The number of aliphatic carboxylic acids is 1. The Bertz CT molecular complexity index is 764. The van der Waals surface area contributed by atoms with E-state index in [1.807, 2.05) is 0 Å². The van der Waals surface area contributed by atoms with Crippen LogP contribution in [0.1, 0.15) is 44.1 Å². The number of hydrogen-bond acceptors (Lipinski definition) is 3. The second-order valence-corrected chi connectivity index (χ2v) is 8.86. The summed E-state index contributed by atoms with van der Waals surface area (Å²) in [6, 6.07) is 9.22. The summed E-state index contributed by atoms with van der Waals surface area (Å²) in [5.74, 6) is -0.843. The maximum Gasteiger partial charge on any atom is 0.308 e. The van der Waals surface area contributed by atoms with E-state index in [-0.39, 0.29) is 22.3 Å². The standard InChI is InChI=1S/C20H24N2O2/c23-16(24)14-12-18-6-3-10-22-11-9-19(17(18)22)13-4-1-2-5-15(13)21-20(14,19)8-7-18/h1-2,4-5,14,17,21H,3,6-12H2,(H,23,24). The number of benzene rings is 1. The van der Waals surface area contributed by atoms with Crippen molar-refractivity contribution in [2.75, 3.05) is 18.4 Å². The molecule has 2 N–H and O–H groups in total. The first-order chi connectivity index (χ1) is 11.6. The Kier molecular flexibility index (Phi) is 2.28. The number of carboxylic acids is 1. The van der Waals surface area contributed by atoms with Gasteiger partial charge in [0.15, 0.2) is 0 Å². The van der Waals surface area contributed by atoms with Gasteiger partial charge < -0.3 is 10.4 Å². The maximum atomic E-state index is 12.3. The number of carboxylic acid groups (broad SMARTS) is 1. The molecule has 7 rings (SSSR count). The van der Waals surface area contributed by atoms with Gasteiger partial charge in [0.2, 0.25) is 0 Å². The highest BCUT2D eigenvalue weighted by Gasteiger charge is 2.78. The van der Waals surface area contributed by atoms with Gasteiger partial charge in [0.05, 0.1) is 11.5 Å². The monoisotopic (exact) mass is 324 g/mol. The van der Waals surface area contributed by atoms with Crippen LogP contribution in [-0.4, -0.2) is 40.6 Å². The van der Waals surface area contributed by atoms with Crippen molar-refractivity contribution in [1.82, 2.24) is 4.90 Å². The number of carbonyl (C=O) groups is 1. The lowest BCUT2D eigenvalue weighted by Crippen LogP contribution is -2.76. The molecule has 5 unspecified atom stereocenters. The van der Waals surface area contributed by atoms with E-state index in [4.69, 9.17) is 0 Å². The number of hydrogen-bond donors (Lipinski definition) is 2. The molecule has 3 heterocycles. The largest absolute Gasteiger partial charge is 0.481 e. The van der Waals surface area contributed by atoms with Gasteiger partial charge in [-0.2, -0.15) is 0 Å². The lowest BCUT2D eigenvalue weighted by Gasteiger charge is -2.68. The number of nitrogens with zero attached hydrogens (tertiary/aromatic N) is 1. The van der Waals surface area contributed by atoms with E-state index in [0.29, 0.717) is 6.04 Å². The van der Waals surface area contributed by atoms with E-state index in [1.54, 1.807) is 0 Å². The van der Waals surface area contributed by atoms with Crippen LogP contribution in [0.25, 0.3) is 0 Å². The van der Waals surface area contributed by atoms with Crippen LogP contribution in [0.4, 0.5) is 5.69 Å². The van der Waals surface area contributed by atoms with Crippen LogP contribution in [-0.2, 0) is 10.2 Å². The Morgan fingerprint density at radius 2 is 2.04 bits per heavy atom. The molecule has 5 atom stereocenters. The van der Waals surface area contributed by atoms with Gasteiger partial charge in [-0.25, -0.2) is 0 Å². The summed E-state index contributed by atoms with van der Waals surface area (Å²) in [7, 11) is 0. The lowest BCUT2D eigenvalue weighted by molar-refractivity contribution is -0.168. The smallest absolute Gasteiger partial charge is 0.308 e. The second kappa shape index (κ2) is 3.98. The number of fused-ring (bicyclic) bond motifs is 3. The minimum Gasteiger partial charge on any atom is -0.481 e. The minimum absolute atomic E-state index is 0.00354. The fraction of sp³-hybridized carbons (Fsp3) is 0.650. The highest BCUT2D eigenvalue weighted by molar-refractivity contribution is 5.79. The molecule has 4 nitrogen and oxygen atoms in total. The topological polar surface area (TPSA) is 52.6 Å². The van der Waals surface area contributed by atoms with Gasteiger partial charge in [-0.05, 0) is 68.7 Å². The normalized spacial score (nSPS) is 47.7. The van der Waals surface area contributed by atoms with Gasteiger partial charge in [0, 0.05) is 17.1 Å². The molecule has 4 heteroatoms. The van der Waals surface area contributed by atoms with E-state index >= 15 is 0 Å². The number of anilines is 1. The molecule has 24 heavy (non-hydrogen) atoms. The molecular weight excluding hydrogens is 300 g/mol. The molecule has 1 aromatic carbocycles. The summed E-state index contributed by atoms with van der Waals surface area (Å²) in [6.07, 6.45) is 6.65. The van der Waals surface area contributed by atoms with Crippen molar-refractivity contribution in [1.29, 1.82) is 0 Å². The van der Waals surface area contributed by atoms with Crippen molar-refractivity contribution in [3.05, 3.63) is 29.8 Å². The van der Waals surface area contributed by atoms with Crippen molar-refractivity contribution < 1.29 is 9.90 Å². The molecule has 1 aromatic rings. The summed E-state index contributed by atoms with van der Waals surface area (Å²) >= 11 is 0. The molecule has 0 radical (unpaired) electrons. The molecule has 126 valence electrons. The van der Waals surface area contributed by atoms with Gasteiger partial charge in [-0.1, -0.05) is 18.2 Å². The number of piperidine rings is 1. The van der Waals surface area contributed by atoms with Gasteiger partial charge in [0.1, 0.15) is 0 Å². The Hall–Kier alpha value is -1.55. The zero-order chi connectivity index (χ0) is 16.2. The van der Waals surface area contributed by atoms with Crippen LogP contribution in [0.15, 0.2) is 24.3 Å². The van der Waals surface area contributed by atoms with Gasteiger partial charge in [0.25, 0.3) is 0 Å². The van der Waals surface area contributed by atoms with Crippen LogP contribution in [0.5, 0.6) is 0 Å². The Morgan fingerprint density at radius 3 is 2.92 bits per heavy atom. The van der Waals surface area contributed by atoms with Crippen molar-refractivity contribution in [2.24, 2.45) is 11.3 Å². The summed E-state index contributed by atoms with van der Waals surface area (Å²) in [5.41, 5.74) is 2.56. The maximum absolute atomic E-state index is 12.3. The van der Waals surface area contributed by atoms with E-state index < -0.39 is 5.97 Å². The van der Waals surface area contributed by atoms with Crippen molar-refractivity contribution in [2.45, 2.75) is 55.5 Å². The van der Waals surface area contributed by atoms with Crippen molar-refractivity contribution >= 4 is 11.7 Å². The van der Waals surface area contributed by atoms with E-state index in [0.717, 1.165) is 25.8 Å². The Morgan fingerprint density at radius 1 is 1.17 bits per heavy atom. The van der Waals surface area contributed by atoms with Gasteiger partial charge in [-0.15, -0.1) is 0 Å².